The van der Waals surface area contributed by atoms with Gasteiger partial charge < -0.3 is 20.1 Å². The molecule has 3 N–H and O–H groups in total. The highest BCUT2D eigenvalue weighted by molar-refractivity contribution is 6.31. The maximum absolute atomic E-state index is 13.8. The molecule has 2 unspecified atom stereocenters. The summed E-state index contributed by atoms with van der Waals surface area (Å²) in [4.78, 5) is 34.0. The highest BCUT2D eigenvalue weighted by Crippen LogP contribution is 2.49. The van der Waals surface area contributed by atoms with E-state index in [1.54, 1.807) is 30.2 Å². The molecular formula is C26H29ClN4O4. The Hall–Kier alpha value is -3.07. The van der Waals surface area contributed by atoms with E-state index in [9.17, 15) is 14.7 Å². The molecule has 2 aromatic carbocycles. The minimum Gasteiger partial charge on any atom is -0.508 e. The zero-order valence-electron chi connectivity index (χ0n) is 19.8. The number of phenols is 1. The second-order valence-electron chi connectivity index (χ2n) is 9.36. The smallest absolute Gasteiger partial charge is 0.328 e. The van der Waals surface area contributed by atoms with Crippen molar-refractivity contribution in [1.29, 1.82) is 0 Å². The molecule has 2 aliphatic rings. The number of fused-ring (bicyclic) bond motifs is 4. The lowest BCUT2D eigenvalue weighted by atomic mass is 9.81. The van der Waals surface area contributed by atoms with Crippen molar-refractivity contribution in [3.05, 3.63) is 64.3 Å². The number of carbonyl (C=O) groups excluding carboxylic acids is 2. The van der Waals surface area contributed by atoms with Crippen LogP contribution in [0.5, 0.6) is 5.75 Å². The van der Waals surface area contributed by atoms with Crippen molar-refractivity contribution in [2.24, 2.45) is 0 Å². The Balaban J connectivity index is 1.54. The van der Waals surface area contributed by atoms with Crippen molar-refractivity contribution in [3.8, 4) is 5.75 Å². The fraction of sp³-hybridized carbons (Fsp3) is 0.385. The summed E-state index contributed by atoms with van der Waals surface area (Å²) in [7, 11) is 1.65. The van der Waals surface area contributed by atoms with Crippen LogP contribution in [0.25, 0.3) is 10.9 Å². The van der Waals surface area contributed by atoms with Crippen molar-refractivity contribution in [2.45, 2.75) is 31.3 Å². The van der Waals surface area contributed by atoms with Gasteiger partial charge in [-0.05, 0) is 61.3 Å². The highest BCUT2D eigenvalue weighted by atomic mass is 35.5. The molecular weight excluding hydrogens is 468 g/mol. The van der Waals surface area contributed by atoms with Gasteiger partial charge in [0.2, 0.25) is 0 Å². The number of H-pyrrole nitrogens is 1. The third kappa shape index (κ3) is 3.95. The fourth-order valence-corrected chi connectivity index (χ4v) is 5.56. The SMILES string of the molecule is COCCNCCCN1C(=O)N2C(c3cccc(O)c3)c3[nH]c4ccc(Cl)cc4c3CC2(C)C1=O. The van der Waals surface area contributed by atoms with Crippen molar-refractivity contribution < 1.29 is 19.4 Å². The Labute approximate surface area is 208 Å². The van der Waals surface area contributed by atoms with Crippen LogP contribution >= 0.6 is 11.6 Å². The zero-order chi connectivity index (χ0) is 24.7. The van der Waals surface area contributed by atoms with Gasteiger partial charge in [0.1, 0.15) is 17.3 Å². The summed E-state index contributed by atoms with van der Waals surface area (Å²) in [6.07, 6.45) is 1.02. The number of hydrogen-bond donors (Lipinski definition) is 3. The van der Waals surface area contributed by atoms with Crippen LogP contribution in [0.4, 0.5) is 4.79 Å². The van der Waals surface area contributed by atoms with E-state index in [0.717, 1.165) is 27.7 Å². The van der Waals surface area contributed by atoms with Gasteiger partial charge >= 0.3 is 6.03 Å². The Morgan fingerprint density at radius 1 is 1.23 bits per heavy atom. The van der Waals surface area contributed by atoms with Crippen molar-refractivity contribution in [1.82, 2.24) is 20.1 Å². The van der Waals surface area contributed by atoms with Crippen LogP contribution in [0.3, 0.4) is 0 Å². The lowest BCUT2D eigenvalue weighted by Gasteiger charge is -2.42. The number of aromatic hydroxyl groups is 1. The molecule has 2 aliphatic heterocycles. The van der Waals surface area contributed by atoms with Crippen LogP contribution in [0.1, 0.15) is 36.2 Å². The lowest BCUT2D eigenvalue weighted by molar-refractivity contribution is -0.133. The van der Waals surface area contributed by atoms with E-state index in [1.165, 1.54) is 4.90 Å². The zero-order valence-corrected chi connectivity index (χ0v) is 20.6. The molecule has 9 heteroatoms. The summed E-state index contributed by atoms with van der Waals surface area (Å²) in [5, 5.41) is 15.0. The number of imide groups is 1. The van der Waals surface area contributed by atoms with Crippen molar-refractivity contribution >= 4 is 34.4 Å². The predicted molar refractivity (Wildman–Crippen MR) is 134 cm³/mol. The summed E-state index contributed by atoms with van der Waals surface area (Å²) >= 11 is 6.32. The second-order valence-corrected chi connectivity index (χ2v) is 9.80. The van der Waals surface area contributed by atoms with E-state index in [1.807, 2.05) is 31.2 Å². The molecule has 0 spiro atoms. The monoisotopic (exact) mass is 496 g/mol. The number of halogens is 1. The molecule has 8 nitrogen and oxygen atoms in total. The number of benzene rings is 2. The van der Waals surface area contributed by atoms with E-state index in [0.29, 0.717) is 44.1 Å². The Morgan fingerprint density at radius 2 is 2.06 bits per heavy atom. The Kier molecular flexibility index (Phi) is 6.21. The number of amides is 3. The van der Waals surface area contributed by atoms with Gasteiger partial charge in [0, 0.05) is 48.2 Å². The van der Waals surface area contributed by atoms with E-state index in [2.05, 4.69) is 10.3 Å². The number of urea groups is 1. The highest BCUT2D eigenvalue weighted by Gasteiger charge is 2.60. The van der Waals surface area contributed by atoms with Gasteiger partial charge in [-0.15, -0.1) is 0 Å². The van der Waals surface area contributed by atoms with Gasteiger partial charge in [0.15, 0.2) is 0 Å². The number of hydrogen-bond acceptors (Lipinski definition) is 5. The topological polar surface area (TPSA) is 97.9 Å². The minimum atomic E-state index is -1.05. The van der Waals surface area contributed by atoms with Crippen LogP contribution in [0.2, 0.25) is 5.02 Å². The molecule has 3 heterocycles. The molecule has 0 bridgehead atoms. The predicted octanol–water partition coefficient (Wildman–Crippen LogP) is 3.82. The van der Waals surface area contributed by atoms with Crippen LogP contribution in [-0.4, -0.2) is 70.7 Å². The minimum absolute atomic E-state index is 0.104. The quantitative estimate of drug-likeness (QED) is 0.325. The van der Waals surface area contributed by atoms with Gasteiger partial charge in [-0.1, -0.05) is 23.7 Å². The molecule has 1 aromatic heterocycles. The number of aromatic nitrogens is 1. The number of rotatable bonds is 8. The Bertz CT molecular complexity index is 1290. The summed E-state index contributed by atoms with van der Waals surface area (Å²) < 4.78 is 5.04. The largest absolute Gasteiger partial charge is 0.508 e. The first-order chi connectivity index (χ1) is 16.8. The number of ether oxygens (including phenoxy) is 1. The van der Waals surface area contributed by atoms with E-state index < -0.39 is 11.6 Å². The van der Waals surface area contributed by atoms with Crippen LogP contribution in [-0.2, 0) is 16.0 Å². The van der Waals surface area contributed by atoms with Crippen molar-refractivity contribution in [2.75, 3.05) is 33.4 Å². The molecule has 5 rings (SSSR count). The first kappa shape index (κ1) is 23.7. The molecule has 184 valence electrons. The van der Waals surface area contributed by atoms with E-state index in [-0.39, 0.29) is 17.7 Å². The molecule has 0 radical (unpaired) electrons. The average Bonchev–Trinajstić information content (AvgIpc) is 3.27. The number of carbonyl (C=O) groups is 2. The van der Waals surface area contributed by atoms with E-state index >= 15 is 0 Å². The van der Waals surface area contributed by atoms with Crippen LogP contribution < -0.4 is 5.32 Å². The number of phenolic OH excluding ortho intramolecular Hbond substituents is 1. The summed E-state index contributed by atoms with van der Waals surface area (Å²) in [6.45, 7) is 4.17. The van der Waals surface area contributed by atoms with Gasteiger partial charge in [-0.25, -0.2) is 4.79 Å². The molecule has 0 aliphatic carbocycles. The third-order valence-electron chi connectivity index (χ3n) is 7.03. The summed E-state index contributed by atoms with van der Waals surface area (Å²) in [5.74, 6) is -0.0981. The standard InChI is InChI=1S/C26H29ClN4O4/c1-26-15-20-19-14-17(27)7-8-21(19)29-22(20)23(16-5-3-6-18(32)13-16)31(26)25(34)30(24(26)33)11-4-9-28-10-12-35-2/h3,5-8,13-14,23,28-29,32H,4,9-12,15H2,1-2H3. The van der Waals surface area contributed by atoms with Crippen LogP contribution in [0.15, 0.2) is 42.5 Å². The Morgan fingerprint density at radius 3 is 2.83 bits per heavy atom. The molecule has 1 saturated heterocycles. The molecule has 35 heavy (non-hydrogen) atoms. The molecule has 2 atom stereocenters. The molecule has 1 fully saturated rings. The summed E-state index contributed by atoms with van der Waals surface area (Å²) in [5.41, 5.74) is 2.39. The van der Waals surface area contributed by atoms with E-state index in [4.69, 9.17) is 16.3 Å². The van der Waals surface area contributed by atoms with Gasteiger partial charge in [-0.2, -0.15) is 0 Å². The summed E-state index contributed by atoms with van der Waals surface area (Å²) in [6, 6.07) is 11.6. The third-order valence-corrected chi connectivity index (χ3v) is 7.27. The fourth-order valence-electron chi connectivity index (χ4n) is 5.39. The number of nitrogens with one attached hydrogen (secondary N) is 2. The first-order valence-corrected chi connectivity index (χ1v) is 12.2. The first-order valence-electron chi connectivity index (χ1n) is 11.8. The number of nitrogens with zero attached hydrogens (tertiary/aromatic N) is 2. The van der Waals surface area contributed by atoms with Crippen molar-refractivity contribution in [3.63, 3.8) is 0 Å². The van der Waals surface area contributed by atoms with Gasteiger partial charge in [-0.3, -0.25) is 14.6 Å². The maximum Gasteiger partial charge on any atom is 0.328 e. The number of aromatic amines is 1. The lowest BCUT2D eigenvalue weighted by Crippen LogP contribution is -2.53. The number of methoxy groups -OCH3 is 1. The molecule has 0 saturated carbocycles. The van der Waals surface area contributed by atoms with Gasteiger partial charge in [0.05, 0.1) is 6.61 Å². The van der Waals surface area contributed by atoms with Crippen LogP contribution in [0, 0.1) is 0 Å². The average molecular weight is 497 g/mol. The maximum atomic E-state index is 13.8. The molecule has 3 aromatic rings. The van der Waals surface area contributed by atoms with Gasteiger partial charge in [0.25, 0.3) is 5.91 Å². The normalized spacial score (nSPS) is 21.6. The molecule has 3 amide bonds. The second kappa shape index (κ2) is 9.18.